The predicted molar refractivity (Wildman–Crippen MR) is 73.6 cm³/mol. The number of carbonyl (C=O) groups excluding carboxylic acids is 1. The number of nitrogens with zero attached hydrogens (tertiary/aromatic N) is 2. The summed E-state index contributed by atoms with van der Waals surface area (Å²) in [6.07, 6.45) is 1.41. The maximum Gasteiger partial charge on any atom is 0.354 e. The van der Waals surface area contributed by atoms with Crippen molar-refractivity contribution < 1.29 is 14.7 Å². The summed E-state index contributed by atoms with van der Waals surface area (Å²) in [6, 6.07) is 2.99. The molecule has 0 saturated heterocycles. The first kappa shape index (κ1) is 13.9. The van der Waals surface area contributed by atoms with E-state index in [1.165, 1.54) is 12.3 Å². The van der Waals surface area contributed by atoms with Gasteiger partial charge in [0.15, 0.2) is 5.13 Å². The van der Waals surface area contributed by atoms with E-state index < -0.39 is 5.97 Å². The number of rotatable bonds is 4. The molecule has 0 bridgehead atoms. The molecule has 0 atom stereocenters. The highest BCUT2D eigenvalue weighted by Crippen LogP contribution is 2.19. The summed E-state index contributed by atoms with van der Waals surface area (Å²) in [5.74, 6) is -1.35. The zero-order valence-corrected chi connectivity index (χ0v) is 11.4. The number of aryl methyl sites for hydroxylation is 1. The standard InChI is InChI=1S/C12H12N4O3S/c1-6-9(20-12(13)16-6)10(17)15-5-7-2-3-8(11(18)19)14-4-7/h2-4H,5H2,1H3,(H2,13,16)(H,15,17)(H,18,19). The second kappa shape index (κ2) is 5.66. The maximum atomic E-state index is 11.9. The number of thiazole rings is 1. The molecule has 0 unspecified atom stereocenters. The van der Waals surface area contributed by atoms with Gasteiger partial charge >= 0.3 is 5.97 Å². The van der Waals surface area contributed by atoms with Gasteiger partial charge in [0.25, 0.3) is 5.91 Å². The normalized spacial score (nSPS) is 10.2. The van der Waals surface area contributed by atoms with Crippen LogP contribution in [0.15, 0.2) is 18.3 Å². The van der Waals surface area contributed by atoms with Crippen molar-refractivity contribution in [3.05, 3.63) is 40.2 Å². The lowest BCUT2D eigenvalue weighted by Crippen LogP contribution is -2.22. The van der Waals surface area contributed by atoms with E-state index in [0.29, 0.717) is 21.3 Å². The van der Waals surface area contributed by atoms with E-state index in [9.17, 15) is 9.59 Å². The van der Waals surface area contributed by atoms with Gasteiger partial charge in [0.2, 0.25) is 0 Å². The third-order valence-electron chi connectivity index (χ3n) is 2.52. The van der Waals surface area contributed by atoms with Crippen LogP contribution in [0, 0.1) is 6.92 Å². The lowest BCUT2D eigenvalue weighted by atomic mass is 10.2. The van der Waals surface area contributed by atoms with Crippen LogP contribution in [0.1, 0.15) is 31.4 Å². The van der Waals surface area contributed by atoms with Crippen molar-refractivity contribution >= 4 is 28.3 Å². The van der Waals surface area contributed by atoms with Crippen LogP contribution < -0.4 is 11.1 Å². The first-order valence-corrected chi connectivity index (χ1v) is 6.48. The van der Waals surface area contributed by atoms with Gasteiger partial charge in [-0.15, -0.1) is 0 Å². The van der Waals surface area contributed by atoms with Crippen LogP contribution in [0.4, 0.5) is 5.13 Å². The van der Waals surface area contributed by atoms with Gasteiger partial charge in [0.1, 0.15) is 10.6 Å². The van der Waals surface area contributed by atoms with Crippen LogP contribution in [0.2, 0.25) is 0 Å². The highest BCUT2D eigenvalue weighted by Gasteiger charge is 2.13. The molecule has 2 aromatic rings. The monoisotopic (exact) mass is 292 g/mol. The lowest BCUT2D eigenvalue weighted by Gasteiger charge is -2.04. The fraction of sp³-hybridized carbons (Fsp3) is 0.167. The molecule has 104 valence electrons. The van der Waals surface area contributed by atoms with Crippen LogP contribution in [0.3, 0.4) is 0 Å². The summed E-state index contributed by atoms with van der Waals surface area (Å²) in [4.78, 5) is 30.8. The molecule has 0 aliphatic carbocycles. The number of aromatic carboxylic acids is 1. The number of nitrogens with two attached hydrogens (primary N) is 1. The van der Waals surface area contributed by atoms with Crippen molar-refractivity contribution in [1.29, 1.82) is 0 Å². The van der Waals surface area contributed by atoms with E-state index in [0.717, 1.165) is 11.3 Å². The Labute approximate surface area is 118 Å². The lowest BCUT2D eigenvalue weighted by molar-refractivity contribution is 0.0690. The van der Waals surface area contributed by atoms with Crippen LogP contribution in [-0.2, 0) is 6.54 Å². The average molecular weight is 292 g/mol. The molecular weight excluding hydrogens is 280 g/mol. The predicted octanol–water partition coefficient (Wildman–Crippen LogP) is 1.06. The van der Waals surface area contributed by atoms with Crippen LogP contribution in [-0.4, -0.2) is 27.0 Å². The fourth-order valence-electron chi connectivity index (χ4n) is 1.55. The van der Waals surface area contributed by atoms with E-state index in [-0.39, 0.29) is 18.1 Å². The Morgan fingerprint density at radius 1 is 1.45 bits per heavy atom. The van der Waals surface area contributed by atoms with Crippen LogP contribution >= 0.6 is 11.3 Å². The van der Waals surface area contributed by atoms with Gasteiger partial charge in [-0.2, -0.15) is 0 Å². The third kappa shape index (κ3) is 3.09. The molecule has 0 spiro atoms. The molecule has 0 aliphatic rings. The summed E-state index contributed by atoms with van der Waals surface area (Å²) in [7, 11) is 0. The van der Waals surface area contributed by atoms with Crippen LogP contribution in [0.25, 0.3) is 0 Å². The van der Waals surface area contributed by atoms with Crippen molar-refractivity contribution in [2.45, 2.75) is 13.5 Å². The molecule has 0 aliphatic heterocycles. The summed E-state index contributed by atoms with van der Waals surface area (Å²) in [6.45, 7) is 1.97. The summed E-state index contributed by atoms with van der Waals surface area (Å²) in [5, 5.41) is 11.8. The van der Waals surface area contributed by atoms with E-state index in [1.54, 1.807) is 13.0 Å². The number of hydrogen-bond acceptors (Lipinski definition) is 6. The molecule has 2 aromatic heterocycles. The van der Waals surface area contributed by atoms with Crippen molar-refractivity contribution in [3.63, 3.8) is 0 Å². The molecule has 1 amide bonds. The average Bonchev–Trinajstić information content (AvgIpc) is 2.75. The molecule has 2 rings (SSSR count). The number of nitrogens with one attached hydrogen (secondary N) is 1. The van der Waals surface area contributed by atoms with Gasteiger partial charge in [-0.05, 0) is 18.6 Å². The zero-order valence-electron chi connectivity index (χ0n) is 10.6. The Morgan fingerprint density at radius 3 is 2.70 bits per heavy atom. The highest BCUT2D eigenvalue weighted by molar-refractivity contribution is 7.17. The van der Waals surface area contributed by atoms with Crippen molar-refractivity contribution in [2.75, 3.05) is 5.73 Å². The Bertz CT molecular complexity index is 651. The van der Waals surface area contributed by atoms with Crippen molar-refractivity contribution in [3.8, 4) is 0 Å². The van der Waals surface area contributed by atoms with Gasteiger partial charge < -0.3 is 16.2 Å². The van der Waals surface area contributed by atoms with Crippen molar-refractivity contribution in [2.24, 2.45) is 0 Å². The van der Waals surface area contributed by atoms with E-state index in [2.05, 4.69) is 15.3 Å². The van der Waals surface area contributed by atoms with Gasteiger partial charge in [-0.25, -0.2) is 14.8 Å². The Morgan fingerprint density at radius 2 is 2.20 bits per heavy atom. The molecule has 0 aromatic carbocycles. The number of carboxylic acids is 1. The zero-order chi connectivity index (χ0) is 14.7. The van der Waals surface area contributed by atoms with E-state index in [1.807, 2.05) is 0 Å². The fourth-order valence-corrected chi connectivity index (χ4v) is 2.30. The Balaban J connectivity index is 2.00. The number of carbonyl (C=O) groups is 2. The van der Waals surface area contributed by atoms with Crippen LogP contribution in [0.5, 0.6) is 0 Å². The van der Waals surface area contributed by atoms with E-state index >= 15 is 0 Å². The minimum absolute atomic E-state index is 0.0360. The number of anilines is 1. The summed E-state index contributed by atoms with van der Waals surface area (Å²) in [5.41, 5.74) is 6.79. The molecular formula is C12H12N4O3S. The first-order valence-electron chi connectivity index (χ1n) is 5.66. The number of amides is 1. The van der Waals surface area contributed by atoms with E-state index in [4.69, 9.17) is 10.8 Å². The molecule has 7 nitrogen and oxygen atoms in total. The van der Waals surface area contributed by atoms with Gasteiger partial charge in [-0.3, -0.25) is 4.79 Å². The maximum absolute atomic E-state index is 11.9. The minimum atomic E-state index is -1.09. The molecule has 2 heterocycles. The summed E-state index contributed by atoms with van der Waals surface area (Å²) >= 11 is 1.13. The number of carboxylic acid groups (broad SMARTS) is 1. The SMILES string of the molecule is Cc1nc(N)sc1C(=O)NCc1ccc(C(=O)O)nc1. The molecule has 0 fully saturated rings. The number of aromatic nitrogens is 2. The Kier molecular flexibility index (Phi) is 3.94. The Hall–Kier alpha value is -2.48. The van der Waals surface area contributed by atoms with Gasteiger partial charge in [-0.1, -0.05) is 17.4 Å². The summed E-state index contributed by atoms with van der Waals surface area (Å²) < 4.78 is 0. The number of pyridine rings is 1. The third-order valence-corrected chi connectivity index (χ3v) is 3.50. The minimum Gasteiger partial charge on any atom is -0.477 e. The molecule has 0 radical (unpaired) electrons. The van der Waals surface area contributed by atoms with Crippen molar-refractivity contribution in [1.82, 2.24) is 15.3 Å². The highest BCUT2D eigenvalue weighted by atomic mass is 32.1. The molecule has 0 saturated carbocycles. The molecule has 20 heavy (non-hydrogen) atoms. The molecule has 4 N–H and O–H groups in total. The second-order valence-corrected chi connectivity index (χ2v) is 5.04. The topological polar surface area (TPSA) is 118 Å². The first-order chi connectivity index (χ1) is 9.47. The molecule has 8 heteroatoms. The smallest absolute Gasteiger partial charge is 0.354 e. The number of nitrogen functional groups attached to an aromatic ring is 1. The quantitative estimate of drug-likeness (QED) is 0.775. The van der Waals surface area contributed by atoms with Gasteiger partial charge in [0.05, 0.1) is 5.69 Å². The largest absolute Gasteiger partial charge is 0.477 e. The number of hydrogen-bond donors (Lipinski definition) is 3. The second-order valence-electron chi connectivity index (χ2n) is 4.01. The van der Waals surface area contributed by atoms with Gasteiger partial charge in [0, 0.05) is 12.7 Å².